The third-order valence-corrected chi connectivity index (χ3v) is 6.89. The highest BCUT2D eigenvalue weighted by Crippen LogP contribution is 2.47. The van der Waals surface area contributed by atoms with E-state index in [0.717, 1.165) is 42.8 Å². The lowest BCUT2D eigenvalue weighted by Gasteiger charge is -2.41. The summed E-state index contributed by atoms with van der Waals surface area (Å²) in [5, 5.41) is 1.99. The molecule has 2 aliphatic heterocycles. The number of ether oxygens (including phenoxy) is 2. The Balaban J connectivity index is 1.88. The fraction of sp³-hybridized carbons (Fsp3) is 0.455. The molecule has 0 radical (unpaired) electrons. The number of carbonyl (C=O) groups is 2. The van der Waals surface area contributed by atoms with E-state index in [0.29, 0.717) is 17.1 Å². The highest BCUT2D eigenvalue weighted by Gasteiger charge is 2.45. The number of rotatable bonds is 4. The van der Waals surface area contributed by atoms with Crippen LogP contribution in [-0.2, 0) is 4.79 Å². The van der Waals surface area contributed by atoms with Gasteiger partial charge in [-0.05, 0) is 48.4 Å². The van der Waals surface area contributed by atoms with Crippen LogP contribution in [0.4, 0.5) is 0 Å². The maximum absolute atomic E-state index is 13.7. The normalized spacial score (nSPS) is 21.7. The van der Waals surface area contributed by atoms with E-state index < -0.39 is 5.92 Å². The molecule has 1 saturated heterocycles. The van der Waals surface area contributed by atoms with Crippen LogP contribution in [-0.4, -0.2) is 56.0 Å². The first-order valence-electron chi connectivity index (χ1n) is 9.92. The summed E-state index contributed by atoms with van der Waals surface area (Å²) >= 11 is 1.57. The zero-order valence-electron chi connectivity index (χ0n) is 17.0. The fourth-order valence-corrected chi connectivity index (χ4v) is 5.35. The summed E-state index contributed by atoms with van der Waals surface area (Å²) in [6, 6.07) is 7.15. The minimum atomic E-state index is -0.468. The van der Waals surface area contributed by atoms with Gasteiger partial charge in [0, 0.05) is 30.6 Å². The second kappa shape index (κ2) is 8.06. The van der Waals surface area contributed by atoms with Gasteiger partial charge in [0.2, 0.25) is 5.91 Å². The zero-order valence-corrected chi connectivity index (χ0v) is 17.8. The topological polar surface area (TPSA) is 59.1 Å². The summed E-state index contributed by atoms with van der Waals surface area (Å²) in [7, 11) is 4.90. The largest absolute Gasteiger partial charge is 0.493 e. The van der Waals surface area contributed by atoms with Gasteiger partial charge in [0.15, 0.2) is 11.5 Å². The van der Waals surface area contributed by atoms with Gasteiger partial charge in [-0.2, -0.15) is 0 Å². The molecule has 0 N–H and O–H groups in total. The number of hydrogen-bond donors (Lipinski definition) is 0. The number of methoxy groups -OCH3 is 2. The van der Waals surface area contributed by atoms with Crippen molar-refractivity contribution >= 4 is 23.2 Å². The molecule has 7 heteroatoms. The van der Waals surface area contributed by atoms with E-state index in [1.165, 1.54) is 0 Å². The molecule has 1 aromatic carbocycles. The van der Waals surface area contributed by atoms with Crippen LogP contribution >= 0.6 is 11.3 Å². The first-order valence-corrected chi connectivity index (χ1v) is 10.8. The molecule has 6 nitrogen and oxygen atoms in total. The number of fused-ring (bicyclic) bond motifs is 1. The van der Waals surface area contributed by atoms with Gasteiger partial charge in [-0.1, -0.05) is 6.07 Å². The van der Waals surface area contributed by atoms with Gasteiger partial charge in [0.05, 0.1) is 26.2 Å². The van der Waals surface area contributed by atoms with Crippen LogP contribution in [0.3, 0.4) is 0 Å². The number of carbonyl (C=O) groups excluding carboxylic acids is 2. The van der Waals surface area contributed by atoms with Crippen molar-refractivity contribution in [1.82, 2.24) is 9.80 Å². The van der Waals surface area contributed by atoms with Crippen molar-refractivity contribution in [1.29, 1.82) is 0 Å². The number of likely N-dealkylation sites (N-methyl/N-ethyl adjacent to an activating group) is 1. The molecule has 0 bridgehead atoms. The van der Waals surface area contributed by atoms with Crippen molar-refractivity contribution in [3.63, 3.8) is 0 Å². The minimum Gasteiger partial charge on any atom is -0.493 e. The lowest BCUT2D eigenvalue weighted by molar-refractivity contribution is -0.135. The molecular formula is C22H26N2O4S. The molecule has 154 valence electrons. The summed E-state index contributed by atoms with van der Waals surface area (Å²) in [5.41, 5.74) is 1.23. The van der Waals surface area contributed by atoms with Crippen molar-refractivity contribution < 1.29 is 19.1 Å². The second-order valence-corrected chi connectivity index (χ2v) is 8.51. The number of likely N-dealkylation sites (tertiary alicyclic amines) is 1. The van der Waals surface area contributed by atoms with Gasteiger partial charge in [-0.3, -0.25) is 9.59 Å². The highest BCUT2D eigenvalue weighted by atomic mass is 32.1. The quantitative estimate of drug-likeness (QED) is 0.766. The maximum atomic E-state index is 13.7. The summed E-state index contributed by atoms with van der Waals surface area (Å²) in [4.78, 5) is 31.7. The standard InChI is InChI=1S/C22H26N2O4S/c1-23-20(18-8-7-11-29-18)19(22(26)24-9-5-4-6-10-24)14-12-16(27-2)17(28-3)13-15(14)21(23)25/h7-8,11-13,19-20H,4-6,9-10H2,1-3H3. The molecule has 4 rings (SSSR count). The fourth-order valence-electron chi connectivity index (χ4n) is 4.44. The molecule has 2 amide bonds. The Morgan fingerprint density at radius 1 is 1.10 bits per heavy atom. The molecule has 29 heavy (non-hydrogen) atoms. The maximum Gasteiger partial charge on any atom is 0.254 e. The molecule has 1 aromatic heterocycles. The van der Waals surface area contributed by atoms with Crippen LogP contribution in [0.1, 0.15) is 52.0 Å². The molecular weight excluding hydrogens is 388 g/mol. The summed E-state index contributed by atoms with van der Waals surface area (Å²) in [6.07, 6.45) is 3.20. The van der Waals surface area contributed by atoms with Crippen LogP contribution in [0.5, 0.6) is 11.5 Å². The van der Waals surface area contributed by atoms with E-state index in [2.05, 4.69) is 0 Å². The number of amides is 2. The van der Waals surface area contributed by atoms with E-state index in [4.69, 9.17) is 9.47 Å². The highest BCUT2D eigenvalue weighted by molar-refractivity contribution is 7.10. The predicted octanol–water partition coefficient (Wildman–Crippen LogP) is 3.69. The molecule has 1 fully saturated rings. The molecule has 2 atom stereocenters. The van der Waals surface area contributed by atoms with E-state index >= 15 is 0 Å². The second-order valence-electron chi connectivity index (χ2n) is 7.53. The predicted molar refractivity (Wildman–Crippen MR) is 112 cm³/mol. The Hall–Kier alpha value is -2.54. The molecule has 0 spiro atoms. The Kier molecular flexibility index (Phi) is 5.50. The first kappa shape index (κ1) is 19.8. The minimum absolute atomic E-state index is 0.0796. The Morgan fingerprint density at radius 2 is 1.79 bits per heavy atom. The number of thiophene rings is 1. The van der Waals surface area contributed by atoms with Gasteiger partial charge in [0.25, 0.3) is 5.91 Å². The van der Waals surface area contributed by atoms with E-state index in [1.807, 2.05) is 28.5 Å². The third-order valence-electron chi connectivity index (χ3n) is 5.94. The monoisotopic (exact) mass is 414 g/mol. The third kappa shape index (κ3) is 3.37. The van der Waals surface area contributed by atoms with Crippen molar-refractivity contribution in [3.05, 3.63) is 45.6 Å². The molecule has 3 heterocycles. The molecule has 0 aliphatic carbocycles. The van der Waals surface area contributed by atoms with Crippen LogP contribution < -0.4 is 9.47 Å². The Morgan fingerprint density at radius 3 is 2.41 bits per heavy atom. The average Bonchev–Trinajstić information content (AvgIpc) is 3.29. The van der Waals surface area contributed by atoms with E-state index in [-0.39, 0.29) is 17.9 Å². The number of benzene rings is 1. The van der Waals surface area contributed by atoms with Crippen molar-refractivity contribution in [3.8, 4) is 11.5 Å². The Bertz CT molecular complexity index is 906. The summed E-state index contributed by atoms with van der Waals surface area (Å²) < 4.78 is 10.9. The SMILES string of the molecule is COc1cc2c(cc1OC)C(C(=O)N1CCCCC1)C(c1cccs1)N(C)C2=O. The smallest absolute Gasteiger partial charge is 0.254 e. The van der Waals surface area contributed by atoms with E-state index in [9.17, 15) is 9.59 Å². The van der Waals surface area contributed by atoms with Gasteiger partial charge < -0.3 is 19.3 Å². The molecule has 2 unspecified atom stereocenters. The summed E-state index contributed by atoms with van der Waals surface area (Å²) in [5.74, 6) is 0.527. The molecule has 0 saturated carbocycles. The average molecular weight is 415 g/mol. The zero-order chi connectivity index (χ0) is 20.5. The lowest BCUT2D eigenvalue weighted by Crippen LogP contribution is -2.47. The van der Waals surface area contributed by atoms with Gasteiger partial charge in [-0.25, -0.2) is 0 Å². The molecule has 2 aromatic rings. The van der Waals surface area contributed by atoms with Crippen molar-refractivity contribution in [2.75, 3.05) is 34.4 Å². The van der Waals surface area contributed by atoms with Crippen LogP contribution in [0, 0.1) is 0 Å². The molecule has 2 aliphatic rings. The van der Waals surface area contributed by atoms with Crippen molar-refractivity contribution in [2.45, 2.75) is 31.2 Å². The number of nitrogens with zero attached hydrogens (tertiary/aromatic N) is 2. The van der Waals surface area contributed by atoms with Gasteiger partial charge in [-0.15, -0.1) is 11.3 Å². The van der Waals surface area contributed by atoms with Crippen LogP contribution in [0.25, 0.3) is 0 Å². The Labute approximate surface area is 175 Å². The lowest BCUT2D eigenvalue weighted by atomic mass is 9.80. The first-order chi connectivity index (χ1) is 14.1. The van der Waals surface area contributed by atoms with E-state index in [1.54, 1.807) is 43.6 Å². The van der Waals surface area contributed by atoms with Crippen LogP contribution in [0.15, 0.2) is 29.6 Å². The summed E-state index contributed by atoms with van der Waals surface area (Å²) in [6.45, 7) is 1.54. The van der Waals surface area contributed by atoms with Gasteiger partial charge >= 0.3 is 0 Å². The van der Waals surface area contributed by atoms with Crippen LogP contribution in [0.2, 0.25) is 0 Å². The van der Waals surface area contributed by atoms with Gasteiger partial charge in [0.1, 0.15) is 0 Å². The number of hydrogen-bond acceptors (Lipinski definition) is 5. The van der Waals surface area contributed by atoms with Crippen molar-refractivity contribution in [2.24, 2.45) is 0 Å². The number of piperidine rings is 1.